The van der Waals surface area contributed by atoms with E-state index in [-0.39, 0.29) is 0 Å². The van der Waals surface area contributed by atoms with Crippen LogP contribution in [0.3, 0.4) is 0 Å². The van der Waals surface area contributed by atoms with Gasteiger partial charge in [-0.1, -0.05) is 12.5 Å². The summed E-state index contributed by atoms with van der Waals surface area (Å²) in [7, 11) is 1.69. The largest absolute Gasteiger partial charge is 0.496 e. The van der Waals surface area contributed by atoms with Crippen molar-refractivity contribution >= 4 is 0 Å². The second-order valence-electron chi connectivity index (χ2n) is 4.88. The SMILES string of the molecule is COc1cc(OCCN2CCCCC2)ccc1C. The number of nitrogens with zero attached hydrogens (tertiary/aromatic N) is 1. The fourth-order valence-electron chi connectivity index (χ4n) is 2.37. The Labute approximate surface area is 110 Å². The van der Waals surface area contributed by atoms with Gasteiger partial charge < -0.3 is 9.47 Å². The standard InChI is InChI=1S/C15H23NO2/c1-13-6-7-14(12-15(13)17-2)18-11-10-16-8-4-3-5-9-16/h6-7,12H,3-5,8-11H2,1-2H3. The van der Waals surface area contributed by atoms with Crippen LogP contribution in [0.25, 0.3) is 0 Å². The maximum absolute atomic E-state index is 5.78. The zero-order valence-electron chi connectivity index (χ0n) is 11.4. The third kappa shape index (κ3) is 3.64. The van der Waals surface area contributed by atoms with Crippen LogP contribution in [-0.2, 0) is 0 Å². The number of rotatable bonds is 5. The molecule has 0 spiro atoms. The van der Waals surface area contributed by atoms with E-state index in [1.165, 1.54) is 32.4 Å². The Morgan fingerprint density at radius 2 is 1.94 bits per heavy atom. The smallest absolute Gasteiger partial charge is 0.125 e. The summed E-state index contributed by atoms with van der Waals surface area (Å²) in [5.41, 5.74) is 1.14. The van der Waals surface area contributed by atoms with Crippen LogP contribution in [-0.4, -0.2) is 38.3 Å². The van der Waals surface area contributed by atoms with Gasteiger partial charge in [-0.3, -0.25) is 4.90 Å². The zero-order valence-corrected chi connectivity index (χ0v) is 11.4. The molecule has 0 radical (unpaired) electrons. The Kier molecular flexibility index (Phi) is 4.88. The Balaban J connectivity index is 1.79. The predicted octanol–water partition coefficient (Wildman–Crippen LogP) is 2.87. The first-order valence-corrected chi connectivity index (χ1v) is 6.79. The van der Waals surface area contributed by atoms with Crippen LogP contribution >= 0.6 is 0 Å². The molecule has 1 fully saturated rings. The van der Waals surface area contributed by atoms with Gasteiger partial charge in [-0.25, -0.2) is 0 Å². The Bertz CT molecular complexity index is 373. The molecule has 3 nitrogen and oxygen atoms in total. The van der Waals surface area contributed by atoms with Crippen molar-refractivity contribution < 1.29 is 9.47 Å². The fraction of sp³-hybridized carbons (Fsp3) is 0.600. The molecule has 1 saturated heterocycles. The van der Waals surface area contributed by atoms with E-state index < -0.39 is 0 Å². The molecule has 18 heavy (non-hydrogen) atoms. The molecule has 0 saturated carbocycles. The first kappa shape index (κ1) is 13.2. The molecule has 1 aliphatic rings. The van der Waals surface area contributed by atoms with Crippen molar-refractivity contribution in [2.45, 2.75) is 26.2 Å². The first-order chi connectivity index (χ1) is 8.79. The first-order valence-electron chi connectivity index (χ1n) is 6.79. The summed E-state index contributed by atoms with van der Waals surface area (Å²) >= 11 is 0. The summed E-state index contributed by atoms with van der Waals surface area (Å²) in [6.45, 7) is 6.26. The van der Waals surface area contributed by atoms with Crippen molar-refractivity contribution in [3.05, 3.63) is 23.8 Å². The molecular formula is C15H23NO2. The molecule has 0 unspecified atom stereocenters. The molecule has 0 amide bonds. The molecule has 3 heteroatoms. The number of benzene rings is 1. The minimum atomic E-state index is 0.756. The van der Waals surface area contributed by atoms with Gasteiger partial charge >= 0.3 is 0 Å². The summed E-state index contributed by atoms with van der Waals surface area (Å²) < 4.78 is 11.1. The highest BCUT2D eigenvalue weighted by atomic mass is 16.5. The third-order valence-electron chi connectivity index (χ3n) is 3.50. The number of piperidine rings is 1. The summed E-state index contributed by atoms with van der Waals surface area (Å²) in [4.78, 5) is 2.48. The Hall–Kier alpha value is -1.22. The summed E-state index contributed by atoms with van der Waals surface area (Å²) in [5.74, 6) is 1.79. The average Bonchev–Trinajstić information content (AvgIpc) is 2.42. The number of likely N-dealkylation sites (tertiary alicyclic amines) is 1. The molecule has 1 aromatic rings. The van der Waals surface area contributed by atoms with Crippen molar-refractivity contribution in [1.82, 2.24) is 4.90 Å². The van der Waals surface area contributed by atoms with Crippen molar-refractivity contribution in [1.29, 1.82) is 0 Å². The van der Waals surface area contributed by atoms with Crippen LogP contribution in [0.5, 0.6) is 11.5 Å². The Morgan fingerprint density at radius 1 is 1.17 bits per heavy atom. The zero-order chi connectivity index (χ0) is 12.8. The highest BCUT2D eigenvalue weighted by molar-refractivity contribution is 5.39. The summed E-state index contributed by atoms with van der Waals surface area (Å²) in [5, 5.41) is 0. The van der Waals surface area contributed by atoms with Crippen LogP contribution in [0.4, 0.5) is 0 Å². The number of ether oxygens (including phenoxy) is 2. The van der Waals surface area contributed by atoms with Gasteiger partial charge in [0, 0.05) is 12.6 Å². The van der Waals surface area contributed by atoms with Crippen molar-refractivity contribution in [3.63, 3.8) is 0 Å². The van der Waals surface area contributed by atoms with Gasteiger partial charge in [0.1, 0.15) is 18.1 Å². The number of aryl methyl sites for hydroxylation is 1. The second-order valence-corrected chi connectivity index (χ2v) is 4.88. The highest BCUT2D eigenvalue weighted by Crippen LogP contribution is 2.23. The molecule has 0 atom stereocenters. The second kappa shape index (κ2) is 6.64. The molecule has 0 N–H and O–H groups in total. The van der Waals surface area contributed by atoms with Gasteiger partial charge in [-0.15, -0.1) is 0 Å². The lowest BCUT2D eigenvalue weighted by Gasteiger charge is -2.26. The molecule has 0 bridgehead atoms. The van der Waals surface area contributed by atoms with E-state index in [0.29, 0.717) is 0 Å². The van der Waals surface area contributed by atoms with Crippen LogP contribution in [0, 0.1) is 6.92 Å². The van der Waals surface area contributed by atoms with Crippen LogP contribution in [0.2, 0.25) is 0 Å². The van der Waals surface area contributed by atoms with E-state index in [2.05, 4.69) is 4.90 Å². The number of hydrogen-bond donors (Lipinski definition) is 0. The third-order valence-corrected chi connectivity index (χ3v) is 3.50. The van der Waals surface area contributed by atoms with E-state index in [0.717, 1.165) is 30.2 Å². The maximum atomic E-state index is 5.78. The molecule has 0 aromatic heterocycles. The topological polar surface area (TPSA) is 21.7 Å². The Morgan fingerprint density at radius 3 is 2.67 bits per heavy atom. The fourth-order valence-corrected chi connectivity index (χ4v) is 2.37. The van der Waals surface area contributed by atoms with Crippen molar-refractivity contribution in [2.24, 2.45) is 0 Å². The van der Waals surface area contributed by atoms with Crippen molar-refractivity contribution in [3.8, 4) is 11.5 Å². The van der Waals surface area contributed by atoms with Gasteiger partial charge in [0.2, 0.25) is 0 Å². The summed E-state index contributed by atoms with van der Waals surface area (Å²) in [6.07, 6.45) is 4.04. The maximum Gasteiger partial charge on any atom is 0.125 e. The predicted molar refractivity (Wildman–Crippen MR) is 73.5 cm³/mol. The van der Waals surface area contributed by atoms with E-state index in [4.69, 9.17) is 9.47 Å². The van der Waals surface area contributed by atoms with Crippen LogP contribution < -0.4 is 9.47 Å². The van der Waals surface area contributed by atoms with Gasteiger partial charge in [-0.05, 0) is 44.5 Å². The molecule has 2 rings (SSSR count). The van der Waals surface area contributed by atoms with Gasteiger partial charge in [0.15, 0.2) is 0 Å². The van der Waals surface area contributed by atoms with Crippen LogP contribution in [0.1, 0.15) is 24.8 Å². The number of hydrogen-bond acceptors (Lipinski definition) is 3. The summed E-state index contributed by atoms with van der Waals surface area (Å²) in [6, 6.07) is 6.01. The van der Waals surface area contributed by atoms with E-state index >= 15 is 0 Å². The minimum Gasteiger partial charge on any atom is -0.496 e. The normalized spacial score (nSPS) is 16.6. The highest BCUT2D eigenvalue weighted by Gasteiger charge is 2.09. The molecule has 1 aromatic carbocycles. The van der Waals surface area contributed by atoms with Gasteiger partial charge in [-0.2, -0.15) is 0 Å². The monoisotopic (exact) mass is 249 g/mol. The lowest BCUT2D eigenvalue weighted by molar-refractivity contribution is 0.183. The van der Waals surface area contributed by atoms with E-state index in [9.17, 15) is 0 Å². The molecular weight excluding hydrogens is 226 g/mol. The molecule has 100 valence electrons. The lowest BCUT2D eigenvalue weighted by Crippen LogP contribution is -2.33. The molecule has 1 aliphatic heterocycles. The van der Waals surface area contributed by atoms with Crippen molar-refractivity contribution in [2.75, 3.05) is 33.4 Å². The van der Waals surface area contributed by atoms with E-state index in [1.807, 2.05) is 25.1 Å². The minimum absolute atomic E-state index is 0.756. The lowest BCUT2D eigenvalue weighted by atomic mass is 10.1. The van der Waals surface area contributed by atoms with Gasteiger partial charge in [0.25, 0.3) is 0 Å². The molecule has 0 aliphatic carbocycles. The van der Waals surface area contributed by atoms with Gasteiger partial charge in [0.05, 0.1) is 7.11 Å². The van der Waals surface area contributed by atoms with E-state index in [1.54, 1.807) is 7.11 Å². The molecule has 1 heterocycles. The van der Waals surface area contributed by atoms with Crippen LogP contribution in [0.15, 0.2) is 18.2 Å². The number of methoxy groups -OCH3 is 1. The quantitative estimate of drug-likeness (QED) is 0.801. The average molecular weight is 249 g/mol.